The van der Waals surface area contributed by atoms with Crippen LogP contribution in [0.2, 0.25) is 0 Å². The third-order valence-corrected chi connectivity index (χ3v) is 3.14. The highest BCUT2D eigenvalue weighted by molar-refractivity contribution is 5.25. The lowest BCUT2D eigenvalue weighted by atomic mass is 9.84. The fraction of sp³-hybridized carbons (Fsp3) is 0.571. The molecule has 1 unspecified atom stereocenters. The largest absolute Gasteiger partial charge is 0.330 e. The molecular formula is C14H24N2. The molecule has 16 heavy (non-hydrogen) atoms. The summed E-state index contributed by atoms with van der Waals surface area (Å²) in [6, 6.07) is 8.67. The number of nitrogens with two attached hydrogens (primary N) is 2. The zero-order chi connectivity index (χ0) is 12.2. The van der Waals surface area contributed by atoms with Crippen LogP contribution >= 0.6 is 0 Å². The van der Waals surface area contributed by atoms with E-state index in [0.717, 1.165) is 12.8 Å². The molecule has 2 heteroatoms. The summed E-state index contributed by atoms with van der Waals surface area (Å²) < 4.78 is 0. The van der Waals surface area contributed by atoms with E-state index in [1.165, 1.54) is 11.1 Å². The van der Waals surface area contributed by atoms with Crippen molar-refractivity contribution < 1.29 is 0 Å². The van der Waals surface area contributed by atoms with Gasteiger partial charge in [-0.05, 0) is 35.9 Å². The van der Waals surface area contributed by atoms with Gasteiger partial charge in [-0.2, -0.15) is 0 Å². The van der Waals surface area contributed by atoms with Crippen molar-refractivity contribution >= 4 is 0 Å². The predicted octanol–water partition coefficient (Wildman–Crippen LogP) is 2.62. The van der Waals surface area contributed by atoms with E-state index in [4.69, 9.17) is 11.5 Å². The first-order chi connectivity index (χ1) is 7.48. The molecule has 0 fully saturated rings. The lowest BCUT2D eigenvalue weighted by Gasteiger charge is -2.26. The van der Waals surface area contributed by atoms with Crippen molar-refractivity contribution in [3.05, 3.63) is 35.4 Å². The summed E-state index contributed by atoms with van der Waals surface area (Å²) in [6.07, 6.45) is 2.00. The van der Waals surface area contributed by atoms with E-state index in [9.17, 15) is 0 Å². The summed E-state index contributed by atoms with van der Waals surface area (Å²) in [5.74, 6) is 0. The average molecular weight is 220 g/mol. The Labute approximate surface area is 99.0 Å². The maximum Gasteiger partial charge on any atom is 0.0300 e. The van der Waals surface area contributed by atoms with Crippen LogP contribution in [-0.4, -0.2) is 6.54 Å². The molecule has 2 nitrogen and oxygen atoms in total. The van der Waals surface area contributed by atoms with Gasteiger partial charge < -0.3 is 11.5 Å². The van der Waals surface area contributed by atoms with Crippen LogP contribution in [0.5, 0.6) is 0 Å². The second-order valence-electron chi connectivity index (χ2n) is 5.27. The van der Waals surface area contributed by atoms with Crippen molar-refractivity contribution in [2.24, 2.45) is 16.9 Å². The maximum atomic E-state index is 6.19. The molecule has 0 bridgehead atoms. The van der Waals surface area contributed by atoms with Gasteiger partial charge in [0.1, 0.15) is 0 Å². The van der Waals surface area contributed by atoms with Gasteiger partial charge in [-0.1, -0.05) is 45.0 Å². The van der Waals surface area contributed by atoms with Crippen LogP contribution in [0, 0.1) is 5.41 Å². The first kappa shape index (κ1) is 13.2. The van der Waals surface area contributed by atoms with Crippen LogP contribution in [0.15, 0.2) is 24.3 Å². The summed E-state index contributed by atoms with van der Waals surface area (Å²) in [7, 11) is 0. The average Bonchev–Trinajstić information content (AvgIpc) is 2.28. The van der Waals surface area contributed by atoms with Crippen molar-refractivity contribution in [1.29, 1.82) is 0 Å². The molecule has 1 rings (SSSR count). The van der Waals surface area contributed by atoms with Crippen molar-refractivity contribution in [1.82, 2.24) is 0 Å². The van der Waals surface area contributed by atoms with Crippen molar-refractivity contribution in [2.75, 3.05) is 6.54 Å². The Balaban J connectivity index is 2.69. The van der Waals surface area contributed by atoms with E-state index < -0.39 is 0 Å². The summed E-state index contributed by atoms with van der Waals surface area (Å²) in [5.41, 5.74) is 14.6. The molecule has 0 radical (unpaired) electrons. The van der Waals surface area contributed by atoms with E-state index in [-0.39, 0.29) is 11.5 Å². The van der Waals surface area contributed by atoms with E-state index in [1.807, 2.05) is 0 Å². The Bertz CT molecular complexity index is 314. The summed E-state index contributed by atoms with van der Waals surface area (Å²) in [6.45, 7) is 7.15. The molecule has 0 spiro atoms. The second kappa shape index (κ2) is 5.46. The first-order valence-corrected chi connectivity index (χ1v) is 6.03. The Morgan fingerprint density at radius 1 is 1.19 bits per heavy atom. The smallest absolute Gasteiger partial charge is 0.0300 e. The highest BCUT2D eigenvalue weighted by Gasteiger charge is 2.20. The maximum absolute atomic E-state index is 6.19. The van der Waals surface area contributed by atoms with Crippen LogP contribution in [0.25, 0.3) is 0 Å². The van der Waals surface area contributed by atoms with Gasteiger partial charge in [0.15, 0.2) is 0 Å². The fourth-order valence-corrected chi connectivity index (χ4v) is 1.80. The Kier molecular flexibility index (Phi) is 4.51. The van der Waals surface area contributed by atoms with Gasteiger partial charge in [0.25, 0.3) is 0 Å². The Hall–Kier alpha value is -0.860. The summed E-state index contributed by atoms with van der Waals surface area (Å²) >= 11 is 0. The minimum Gasteiger partial charge on any atom is -0.330 e. The van der Waals surface area contributed by atoms with Crippen LogP contribution in [-0.2, 0) is 6.42 Å². The molecule has 0 aromatic heterocycles. The molecule has 0 heterocycles. The highest BCUT2D eigenvalue weighted by atomic mass is 14.7. The van der Waals surface area contributed by atoms with Crippen molar-refractivity contribution in [3.8, 4) is 0 Å². The van der Waals surface area contributed by atoms with Gasteiger partial charge >= 0.3 is 0 Å². The highest BCUT2D eigenvalue weighted by Crippen LogP contribution is 2.27. The number of rotatable bonds is 5. The van der Waals surface area contributed by atoms with Crippen molar-refractivity contribution in [2.45, 2.75) is 39.7 Å². The number of hydrogen-bond donors (Lipinski definition) is 2. The van der Waals surface area contributed by atoms with Crippen molar-refractivity contribution in [3.63, 3.8) is 0 Å². The third-order valence-electron chi connectivity index (χ3n) is 3.14. The summed E-state index contributed by atoms with van der Waals surface area (Å²) in [4.78, 5) is 0. The topological polar surface area (TPSA) is 52.0 Å². The number of hydrogen-bond acceptors (Lipinski definition) is 2. The van der Waals surface area contributed by atoms with Gasteiger partial charge in [-0.15, -0.1) is 0 Å². The minimum atomic E-state index is 0.0875. The molecule has 0 saturated carbocycles. The molecule has 0 aliphatic heterocycles. The zero-order valence-electron chi connectivity index (χ0n) is 10.7. The van der Waals surface area contributed by atoms with E-state index in [2.05, 4.69) is 45.0 Å². The molecule has 0 saturated heterocycles. The van der Waals surface area contributed by atoms with Gasteiger partial charge in [-0.25, -0.2) is 0 Å². The molecule has 0 aliphatic rings. The Morgan fingerprint density at radius 2 is 1.75 bits per heavy atom. The molecule has 90 valence electrons. The van der Waals surface area contributed by atoms with E-state index in [0.29, 0.717) is 6.54 Å². The SMILES string of the molecule is CCc1ccc(C(N)CC(C)(C)CN)cc1. The quantitative estimate of drug-likeness (QED) is 0.801. The molecule has 1 aromatic rings. The fourth-order valence-electron chi connectivity index (χ4n) is 1.80. The van der Waals surface area contributed by atoms with Gasteiger partial charge in [0.05, 0.1) is 0 Å². The van der Waals surface area contributed by atoms with Crippen LogP contribution in [0.1, 0.15) is 44.4 Å². The standard InChI is InChI=1S/C14H24N2/c1-4-11-5-7-12(8-6-11)13(16)9-14(2,3)10-15/h5-8,13H,4,9-10,15-16H2,1-3H3. The molecule has 0 aliphatic carbocycles. The number of aryl methyl sites for hydroxylation is 1. The molecule has 0 amide bonds. The molecular weight excluding hydrogens is 196 g/mol. The van der Waals surface area contributed by atoms with Crippen LogP contribution < -0.4 is 11.5 Å². The first-order valence-electron chi connectivity index (χ1n) is 6.03. The number of benzene rings is 1. The zero-order valence-corrected chi connectivity index (χ0v) is 10.7. The van der Waals surface area contributed by atoms with E-state index >= 15 is 0 Å². The molecule has 4 N–H and O–H groups in total. The molecule has 1 aromatic carbocycles. The monoisotopic (exact) mass is 220 g/mol. The van der Waals surface area contributed by atoms with Crippen LogP contribution in [0.3, 0.4) is 0 Å². The Morgan fingerprint density at radius 3 is 2.19 bits per heavy atom. The minimum absolute atomic E-state index is 0.0875. The lowest BCUT2D eigenvalue weighted by molar-refractivity contribution is 0.317. The predicted molar refractivity (Wildman–Crippen MR) is 70.2 cm³/mol. The normalized spacial score (nSPS) is 13.8. The van der Waals surface area contributed by atoms with Gasteiger partial charge in [-0.3, -0.25) is 0 Å². The van der Waals surface area contributed by atoms with Gasteiger partial charge in [0.2, 0.25) is 0 Å². The third kappa shape index (κ3) is 3.62. The summed E-state index contributed by atoms with van der Waals surface area (Å²) in [5, 5.41) is 0. The lowest BCUT2D eigenvalue weighted by Crippen LogP contribution is -2.28. The van der Waals surface area contributed by atoms with Gasteiger partial charge in [0, 0.05) is 6.04 Å². The molecule has 1 atom stereocenters. The second-order valence-corrected chi connectivity index (χ2v) is 5.27. The van der Waals surface area contributed by atoms with E-state index in [1.54, 1.807) is 0 Å². The van der Waals surface area contributed by atoms with Crippen LogP contribution in [0.4, 0.5) is 0 Å².